The Morgan fingerprint density at radius 1 is 1.55 bits per heavy atom. The Kier molecular flexibility index (Phi) is 5.25. The maximum atomic E-state index is 13.6. The van der Waals surface area contributed by atoms with Crippen LogP contribution in [0, 0.1) is 18.2 Å². The van der Waals surface area contributed by atoms with Crippen molar-refractivity contribution in [3.63, 3.8) is 0 Å². The van der Waals surface area contributed by atoms with E-state index < -0.39 is 32.7 Å². The van der Waals surface area contributed by atoms with Crippen LogP contribution >= 0.6 is 0 Å². The molecule has 0 spiro atoms. The number of hydrogen-bond acceptors (Lipinski definition) is 3. The first-order valence-corrected chi connectivity index (χ1v) is 7.28. The number of carboxylic acids is 1. The Balaban J connectivity index is 3.18. The highest BCUT2D eigenvalue weighted by Crippen LogP contribution is 2.17. The predicted octanol–water partition coefficient (Wildman–Crippen LogP) is 1.60. The Morgan fingerprint density at radius 3 is 2.70 bits per heavy atom. The average Bonchev–Trinajstić information content (AvgIpc) is 2.37. The number of aromatic carboxylic acids is 1. The number of rotatable bonds is 6. The van der Waals surface area contributed by atoms with Gasteiger partial charge in [-0.2, -0.15) is 0 Å². The highest BCUT2D eigenvalue weighted by molar-refractivity contribution is 7.89. The predicted molar refractivity (Wildman–Crippen MR) is 71.2 cm³/mol. The van der Waals surface area contributed by atoms with Crippen molar-refractivity contribution in [1.29, 1.82) is 0 Å². The average molecular weight is 299 g/mol. The van der Waals surface area contributed by atoms with E-state index in [1.54, 1.807) is 6.92 Å². The fourth-order valence-electron chi connectivity index (χ4n) is 1.54. The topological polar surface area (TPSA) is 83.5 Å². The second-order valence-corrected chi connectivity index (χ2v) is 5.77. The third-order valence-corrected chi connectivity index (χ3v) is 4.18. The summed E-state index contributed by atoms with van der Waals surface area (Å²) in [6.45, 7) is 1.73. The molecule has 0 amide bonds. The summed E-state index contributed by atoms with van der Waals surface area (Å²) < 4.78 is 40.0. The van der Waals surface area contributed by atoms with Gasteiger partial charge in [0.25, 0.3) is 0 Å². The van der Waals surface area contributed by atoms with Gasteiger partial charge in [-0.25, -0.2) is 22.3 Å². The fourth-order valence-corrected chi connectivity index (χ4v) is 2.96. The summed E-state index contributed by atoms with van der Waals surface area (Å²) in [6, 6.07) is 2.05. The van der Waals surface area contributed by atoms with Crippen LogP contribution in [-0.4, -0.2) is 25.5 Å². The van der Waals surface area contributed by atoms with E-state index in [-0.39, 0.29) is 12.0 Å². The van der Waals surface area contributed by atoms with E-state index in [0.717, 1.165) is 18.2 Å². The number of carboxylic acid groups (broad SMARTS) is 1. The molecule has 0 saturated heterocycles. The van der Waals surface area contributed by atoms with Gasteiger partial charge in [-0.15, -0.1) is 12.3 Å². The third-order valence-electron chi connectivity index (χ3n) is 2.65. The second-order valence-electron chi connectivity index (χ2n) is 4.09. The largest absolute Gasteiger partial charge is 0.478 e. The van der Waals surface area contributed by atoms with Gasteiger partial charge in [-0.3, -0.25) is 0 Å². The molecule has 108 valence electrons. The van der Waals surface area contributed by atoms with Crippen LogP contribution in [0.15, 0.2) is 23.1 Å². The van der Waals surface area contributed by atoms with E-state index in [0.29, 0.717) is 6.42 Å². The van der Waals surface area contributed by atoms with Gasteiger partial charge in [0.2, 0.25) is 10.0 Å². The van der Waals surface area contributed by atoms with E-state index in [9.17, 15) is 17.6 Å². The van der Waals surface area contributed by atoms with Gasteiger partial charge < -0.3 is 5.11 Å². The smallest absolute Gasteiger partial charge is 0.335 e. The summed E-state index contributed by atoms with van der Waals surface area (Å²) in [7, 11) is -4.16. The number of nitrogens with one attached hydrogen (secondary N) is 1. The van der Waals surface area contributed by atoms with Crippen molar-refractivity contribution >= 4 is 16.0 Å². The van der Waals surface area contributed by atoms with Gasteiger partial charge in [0.05, 0.1) is 5.56 Å². The second kappa shape index (κ2) is 6.50. The van der Waals surface area contributed by atoms with Crippen LogP contribution < -0.4 is 4.72 Å². The SMILES string of the molecule is C#CCC(CC)NS(=O)(=O)c1cc(C(=O)O)ccc1F. The molecule has 0 fully saturated rings. The molecule has 0 radical (unpaired) electrons. The van der Waals surface area contributed by atoms with Gasteiger partial charge >= 0.3 is 5.97 Å². The lowest BCUT2D eigenvalue weighted by atomic mass is 10.2. The summed E-state index contributed by atoms with van der Waals surface area (Å²) >= 11 is 0. The molecule has 0 saturated carbocycles. The van der Waals surface area contributed by atoms with Crippen molar-refractivity contribution in [1.82, 2.24) is 4.72 Å². The highest BCUT2D eigenvalue weighted by atomic mass is 32.2. The van der Waals surface area contributed by atoms with Gasteiger partial charge in [0, 0.05) is 12.5 Å². The summed E-state index contributed by atoms with van der Waals surface area (Å²) in [4.78, 5) is 10.1. The minimum Gasteiger partial charge on any atom is -0.478 e. The molecule has 0 aliphatic heterocycles. The fraction of sp³-hybridized carbons (Fsp3) is 0.308. The number of benzene rings is 1. The van der Waals surface area contributed by atoms with Crippen molar-refractivity contribution < 1.29 is 22.7 Å². The molecule has 20 heavy (non-hydrogen) atoms. The van der Waals surface area contributed by atoms with Crippen molar-refractivity contribution in [3.8, 4) is 12.3 Å². The first-order chi connectivity index (χ1) is 9.31. The molecule has 0 aromatic heterocycles. The Bertz CT molecular complexity index is 649. The summed E-state index contributed by atoms with van der Waals surface area (Å²) in [5.74, 6) is -0.0295. The lowest BCUT2D eigenvalue weighted by Crippen LogP contribution is -2.34. The van der Waals surface area contributed by atoms with Crippen LogP contribution in [0.3, 0.4) is 0 Å². The molecule has 1 unspecified atom stereocenters. The molecule has 7 heteroatoms. The van der Waals surface area contributed by atoms with Gasteiger partial charge in [-0.1, -0.05) is 6.92 Å². The van der Waals surface area contributed by atoms with Crippen LogP contribution in [0.2, 0.25) is 0 Å². The molecule has 1 aromatic carbocycles. The van der Waals surface area contributed by atoms with E-state index in [1.165, 1.54) is 0 Å². The van der Waals surface area contributed by atoms with Crippen LogP contribution in [-0.2, 0) is 10.0 Å². The zero-order valence-corrected chi connectivity index (χ0v) is 11.6. The standard InChI is InChI=1S/C13H14FNO4S/c1-3-5-10(4-2)15-20(18,19)12-8-9(13(16)17)6-7-11(12)14/h1,6-8,10,15H,4-5H2,2H3,(H,16,17). The van der Waals surface area contributed by atoms with Gasteiger partial charge in [-0.05, 0) is 24.6 Å². The van der Waals surface area contributed by atoms with Crippen molar-refractivity contribution in [2.75, 3.05) is 0 Å². The molecule has 0 heterocycles. The molecule has 1 rings (SSSR count). The van der Waals surface area contributed by atoms with E-state index >= 15 is 0 Å². The van der Waals surface area contributed by atoms with Gasteiger partial charge in [0.1, 0.15) is 10.7 Å². The first-order valence-electron chi connectivity index (χ1n) is 5.80. The minimum absolute atomic E-state index is 0.163. The Hall–Kier alpha value is -1.91. The van der Waals surface area contributed by atoms with E-state index in [1.807, 2.05) is 0 Å². The molecule has 1 atom stereocenters. The molecule has 2 N–H and O–H groups in total. The molecule has 5 nitrogen and oxygen atoms in total. The molecule has 0 aliphatic rings. The zero-order chi connectivity index (χ0) is 15.3. The normalized spacial score (nSPS) is 12.7. The molecule has 0 bridgehead atoms. The minimum atomic E-state index is -4.16. The summed E-state index contributed by atoms with van der Waals surface area (Å²) in [5, 5.41) is 8.81. The number of sulfonamides is 1. The number of carbonyl (C=O) groups is 1. The maximum absolute atomic E-state index is 13.6. The Labute approximate surface area is 116 Å². The summed E-state index contributed by atoms with van der Waals surface area (Å²) in [6.07, 6.45) is 5.72. The van der Waals surface area contributed by atoms with E-state index in [4.69, 9.17) is 11.5 Å². The number of halogens is 1. The quantitative estimate of drug-likeness (QED) is 0.782. The number of terminal acetylenes is 1. The lowest BCUT2D eigenvalue weighted by molar-refractivity contribution is 0.0696. The van der Waals surface area contributed by atoms with Crippen LogP contribution in [0.4, 0.5) is 4.39 Å². The van der Waals surface area contributed by atoms with Crippen molar-refractivity contribution in [2.24, 2.45) is 0 Å². The molecular formula is C13H14FNO4S. The molecule has 1 aromatic rings. The van der Waals surface area contributed by atoms with Crippen LogP contribution in [0.5, 0.6) is 0 Å². The Morgan fingerprint density at radius 2 is 2.20 bits per heavy atom. The zero-order valence-electron chi connectivity index (χ0n) is 10.8. The monoisotopic (exact) mass is 299 g/mol. The first kappa shape index (κ1) is 16.1. The molecule has 0 aliphatic carbocycles. The van der Waals surface area contributed by atoms with E-state index in [2.05, 4.69) is 10.6 Å². The van der Waals surface area contributed by atoms with Crippen molar-refractivity contribution in [2.45, 2.75) is 30.7 Å². The van der Waals surface area contributed by atoms with Crippen LogP contribution in [0.25, 0.3) is 0 Å². The lowest BCUT2D eigenvalue weighted by Gasteiger charge is -2.15. The van der Waals surface area contributed by atoms with Crippen LogP contribution in [0.1, 0.15) is 30.1 Å². The summed E-state index contributed by atoms with van der Waals surface area (Å²) in [5.41, 5.74) is -0.309. The molecular weight excluding hydrogens is 285 g/mol. The van der Waals surface area contributed by atoms with Gasteiger partial charge in [0.15, 0.2) is 0 Å². The number of hydrogen-bond donors (Lipinski definition) is 2. The maximum Gasteiger partial charge on any atom is 0.335 e. The highest BCUT2D eigenvalue weighted by Gasteiger charge is 2.23. The van der Waals surface area contributed by atoms with Crippen molar-refractivity contribution in [3.05, 3.63) is 29.6 Å². The third kappa shape index (κ3) is 3.79.